The molecule has 8 nitrogen and oxygen atoms in total. The standard InChI is InChI=1S/C23H25N5O3/c29-21(25-18-7-2-4-9-20(18)26-12-14-31-15-13-26)16-28-19-8-3-1-6-17(19)22-24-10-5-11-27(22)23(28)30/h1-4,6-9H,5,10-16H2,(H,25,29). The van der Waals surface area contributed by atoms with E-state index < -0.39 is 0 Å². The lowest BCUT2D eigenvalue weighted by atomic mass is 10.1. The van der Waals surface area contributed by atoms with Crippen molar-refractivity contribution in [2.45, 2.75) is 6.42 Å². The molecule has 0 aromatic heterocycles. The van der Waals surface area contributed by atoms with Crippen LogP contribution in [0.15, 0.2) is 53.5 Å². The number of fused-ring (bicyclic) bond motifs is 3. The number of rotatable bonds is 4. The molecule has 0 bridgehead atoms. The summed E-state index contributed by atoms with van der Waals surface area (Å²) in [5.74, 6) is 0.474. The number of para-hydroxylation sites is 3. The number of morpholine rings is 1. The van der Waals surface area contributed by atoms with Gasteiger partial charge in [-0.2, -0.15) is 0 Å². The number of hydrogen-bond donors (Lipinski definition) is 1. The fourth-order valence-electron chi connectivity index (χ4n) is 4.31. The first-order valence-electron chi connectivity index (χ1n) is 10.7. The van der Waals surface area contributed by atoms with Crippen LogP contribution in [0.1, 0.15) is 12.0 Å². The lowest BCUT2D eigenvalue weighted by Gasteiger charge is -2.39. The Morgan fingerprint density at radius 3 is 2.58 bits per heavy atom. The van der Waals surface area contributed by atoms with Gasteiger partial charge in [-0.05, 0) is 30.7 Å². The van der Waals surface area contributed by atoms with Crippen molar-refractivity contribution in [3.63, 3.8) is 0 Å². The van der Waals surface area contributed by atoms with Crippen LogP contribution in [0.5, 0.6) is 0 Å². The van der Waals surface area contributed by atoms with Crippen molar-refractivity contribution in [1.82, 2.24) is 4.90 Å². The van der Waals surface area contributed by atoms with Crippen molar-refractivity contribution in [3.8, 4) is 0 Å². The number of anilines is 3. The van der Waals surface area contributed by atoms with E-state index in [0.29, 0.717) is 32.1 Å². The normalized spacial score (nSPS) is 18.3. The molecule has 31 heavy (non-hydrogen) atoms. The van der Waals surface area contributed by atoms with E-state index in [2.05, 4.69) is 15.2 Å². The van der Waals surface area contributed by atoms with Crippen LogP contribution in [-0.2, 0) is 9.53 Å². The zero-order valence-corrected chi connectivity index (χ0v) is 17.3. The zero-order valence-electron chi connectivity index (χ0n) is 17.3. The van der Waals surface area contributed by atoms with E-state index in [-0.39, 0.29) is 18.5 Å². The van der Waals surface area contributed by atoms with Gasteiger partial charge >= 0.3 is 6.03 Å². The summed E-state index contributed by atoms with van der Waals surface area (Å²) in [6.45, 7) is 4.17. The first-order chi connectivity index (χ1) is 15.2. The molecular weight excluding hydrogens is 394 g/mol. The third-order valence-electron chi connectivity index (χ3n) is 5.79. The van der Waals surface area contributed by atoms with Gasteiger partial charge in [-0.15, -0.1) is 0 Å². The molecule has 3 heterocycles. The number of urea groups is 1. The predicted octanol–water partition coefficient (Wildman–Crippen LogP) is 2.55. The zero-order chi connectivity index (χ0) is 21.2. The summed E-state index contributed by atoms with van der Waals surface area (Å²) < 4.78 is 5.44. The number of ether oxygens (including phenoxy) is 1. The molecule has 2 aromatic rings. The van der Waals surface area contributed by atoms with Crippen molar-refractivity contribution >= 4 is 34.8 Å². The molecule has 0 spiro atoms. The highest BCUT2D eigenvalue weighted by molar-refractivity contribution is 6.20. The van der Waals surface area contributed by atoms with Gasteiger partial charge in [-0.25, -0.2) is 4.79 Å². The Bertz CT molecular complexity index is 1030. The van der Waals surface area contributed by atoms with E-state index in [9.17, 15) is 9.59 Å². The Labute approximate surface area is 181 Å². The van der Waals surface area contributed by atoms with Gasteiger partial charge in [0.05, 0.1) is 30.3 Å². The molecule has 2 aromatic carbocycles. The first-order valence-corrected chi connectivity index (χ1v) is 10.7. The molecule has 1 fully saturated rings. The summed E-state index contributed by atoms with van der Waals surface area (Å²) >= 11 is 0. The summed E-state index contributed by atoms with van der Waals surface area (Å²) in [4.78, 5) is 36.2. The number of aliphatic imine (C=N–C) groups is 1. The number of carbonyl (C=O) groups is 2. The van der Waals surface area contributed by atoms with E-state index in [1.807, 2.05) is 48.5 Å². The lowest BCUT2D eigenvalue weighted by Crippen LogP contribution is -2.54. The molecule has 5 rings (SSSR count). The second kappa shape index (κ2) is 8.39. The van der Waals surface area contributed by atoms with Gasteiger partial charge < -0.3 is 15.0 Å². The largest absolute Gasteiger partial charge is 0.378 e. The maximum atomic E-state index is 13.2. The molecule has 0 saturated carbocycles. The van der Waals surface area contributed by atoms with E-state index in [1.54, 1.807) is 9.80 Å². The lowest BCUT2D eigenvalue weighted by molar-refractivity contribution is -0.114. The van der Waals surface area contributed by atoms with Crippen LogP contribution in [0, 0.1) is 0 Å². The summed E-state index contributed by atoms with van der Waals surface area (Å²) in [5, 5.41) is 3.01. The Hall–Kier alpha value is -3.39. The SMILES string of the molecule is O=C(CN1C(=O)N2CCCN=C2c2ccccc21)Nc1ccccc1N1CCOCC1. The first kappa shape index (κ1) is 19.6. The molecule has 3 aliphatic rings. The van der Waals surface area contributed by atoms with Crippen LogP contribution >= 0.6 is 0 Å². The summed E-state index contributed by atoms with van der Waals surface area (Å²) in [7, 11) is 0. The Morgan fingerprint density at radius 1 is 1.00 bits per heavy atom. The Balaban J connectivity index is 1.38. The van der Waals surface area contributed by atoms with Crippen LogP contribution in [0.2, 0.25) is 0 Å². The van der Waals surface area contributed by atoms with E-state index in [1.165, 1.54) is 0 Å². The number of hydrogen-bond acceptors (Lipinski definition) is 5. The summed E-state index contributed by atoms with van der Waals surface area (Å²) in [6, 6.07) is 15.2. The van der Waals surface area contributed by atoms with Crippen molar-refractivity contribution in [2.75, 3.05) is 61.1 Å². The molecule has 160 valence electrons. The van der Waals surface area contributed by atoms with Gasteiger partial charge in [0, 0.05) is 31.7 Å². The van der Waals surface area contributed by atoms with Crippen LogP contribution in [0.3, 0.4) is 0 Å². The number of nitrogens with one attached hydrogen (secondary N) is 1. The minimum atomic E-state index is -0.235. The number of nitrogens with zero attached hydrogens (tertiary/aromatic N) is 4. The van der Waals surface area contributed by atoms with Gasteiger partial charge in [-0.1, -0.05) is 24.3 Å². The topological polar surface area (TPSA) is 77.5 Å². The van der Waals surface area contributed by atoms with Crippen LogP contribution in [0.25, 0.3) is 0 Å². The molecule has 3 aliphatic heterocycles. The summed E-state index contributed by atoms with van der Waals surface area (Å²) in [6.07, 6.45) is 0.824. The number of carbonyl (C=O) groups excluding carboxylic acids is 2. The van der Waals surface area contributed by atoms with E-state index in [4.69, 9.17) is 4.74 Å². The molecule has 1 N–H and O–H groups in total. The minimum Gasteiger partial charge on any atom is -0.378 e. The Morgan fingerprint density at radius 2 is 1.74 bits per heavy atom. The average molecular weight is 419 g/mol. The number of amides is 3. The van der Waals surface area contributed by atoms with Crippen molar-refractivity contribution in [3.05, 3.63) is 54.1 Å². The molecule has 8 heteroatoms. The number of amidine groups is 1. The monoisotopic (exact) mass is 419 g/mol. The molecule has 0 atom stereocenters. The van der Waals surface area contributed by atoms with Crippen LogP contribution < -0.4 is 15.1 Å². The maximum absolute atomic E-state index is 13.2. The second-order valence-corrected chi connectivity index (χ2v) is 7.76. The van der Waals surface area contributed by atoms with Gasteiger partial charge in [0.15, 0.2) is 0 Å². The Kier molecular flexibility index (Phi) is 5.30. The molecule has 0 unspecified atom stereocenters. The van der Waals surface area contributed by atoms with Crippen LogP contribution in [-0.4, -0.2) is 68.6 Å². The second-order valence-electron chi connectivity index (χ2n) is 7.76. The van der Waals surface area contributed by atoms with Gasteiger partial charge in [0.25, 0.3) is 0 Å². The number of benzene rings is 2. The fourth-order valence-corrected chi connectivity index (χ4v) is 4.31. The molecular formula is C23H25N5O3. The highest BCUT2D eigenvalue weighted by Crippen LogP contribution is 2.31. The molecule has 0 aliphatic carbocycles. The average Bonchev–Trinajstić information content (AvgIpc) is 2.83. The maximum Gasteiger partial charge on any atom is 0.330 e. The van der Waals surface area contributed by atoms with Crippen LogP contribution in [0.4, 0.5) is 21.9 Å². The van der Waals surface area contributed by atoms with Crippen molar-refractivity contribution in [2.24, 2.45) is 4.99 Å². The van der Waals surface area contributed by atoms with Gasteiger partial charge in [0.2, 0.25) is 5.91 Å². The fraction of sp³-hybridized carbons (Fsp3) is 0.348. The predicted molar refractivity (Wildman–Crippen MR) is 120 cm³/mol. The highest BCUT2D eigenvalue weighted by atomic mass is 16.5. The van der Waals surface area contributed by atoms with Crippen molar-refractivity contribution in [1.29, 1.82) is 0 Å². The van der Waals surface area contributed by atoms with E-state index >= 15 is 0 Å². The van der Waals surface area contributed by atoms with Gasteiger partial charge in [-0.3, -0.25) is 19.6 Å². The smallest absolute Gasteiger partial charge is 0.330 e. The molecule has 1 saturated heterocycles. The molecule has 3 amide bonds. The van der Waals surface area contributed by atoms with Crippen molar-refractivity contribution < 1.29 is 14.3 Å². The van der Waals surface area contributed by atoms with E-state index in [0.717, 1.165) is 42.1 Å². The minimum absolute atomic E-state index is 0.0585. The summed E-state index contributed by atoms with van der Waals surface area (Å²) in [5.41, 5.74) is 3.33. The highest BCUT2D eigenvalue weighted by Gasteiger charge is 2.36. The van der Waals surface area contributed by atoms with Gasteiger partial charge in [0.1, 0.15) is 12.4 Å². The third-order valence-corrected chi connectivity index (χ3v) is 5.79. The molecule has 0 radical (unpaired) electrons. The third kappa shape index (κ3) is 3.74. The quantitative estimate of drug-likeness (QED) is 0.826.